The first-order chi connectivity index (χ1) is 18.6. The number of unbranched alkanes of at least 4 members (excludes halogenated alkanes) is 9. The first-order valence-electron chi connectivity index (χ1n) is 14.2. The van der Waals surface area contributed by atoms with Gasteiger partial charge in [0.15, 0.2) is 11.6 Å². The molecule has 1 aromatic heterocycles. The van der Waals surface area contributed by atoms with Crippen LogP contribution in [0.1, 0.15) is 100 Å². The second kappa shape index (κ2) is 16.5. The molecule has 0 N–H and O–H groups in total. The molecule has 1 heterocycles. The molecular formula is C32H41FN2O3. The van der Waals surface area contributed by atoms with E-state index < -0.39 is 11.8 Å². The lowest BCUT2D eigenvalue weighted by molar-refractivity contribution is 0.0728. The van der Waals surface area contributed by atoms with Gasteiger partial charge in [0.05, 0.1) is 24.6 Å². The molecule has 6 heteroatoms. The average molecular weight is 521 g/mol. The fraction of sp³-hybridized carbons (Fsp3) is 0.469. The van der Waals surface area contributed by atoms with E-state index in [2.05, 4.69) is 35.9 Å². The number of carbonyl (C=O) groups is 1. The Bertz CT molecular complexity index is 1100. The molecule has 0 unspecified atom stereocenters. The van der Waals surface area contributed by atoms with Gasteiger partial charge in [-0.3, -0.25) is 0 Å². The van der Waals surface area contributed by atoms with E-state index in [4.69, 9.17) is 9.47 Å². The molecule has 0 amide bonds. The molecule has 3 aromatic rings. The summed E-state index contributed by atoms with van der Waals surface area (Å²) in [4.78, 5) is 21.2. The molecule has 0 fully saturated rings. The van der Waals surface area contributed by atoms with Crippen molar-refractivity contribution in [3.05, 3.63) is 71.8 Å². The topological polar surface area (TPSA) is 61.3 Å². The zero-order valence-electron chi connectivity index (χ0n) is 22.9. The Kier molecular flexibility index (Phi) is 12.7. The molecule has 204 valence electrons. The van der Waals surface area contributed by atoms with Crippen molar-refractivity contribution in [2.75, 3.05) is 6.61 Å². The minimum Gasteiger partial charge on any atom is -0.493 e. The van der Waals surface area contributed by atoms with Gasteiger partial charge < -0.3 is 9.47 Å². The summed E-state index contributed by atoms with van der Waals surface area (Å²) < 4.78 is 25.5. The number of esters is 1. The highest BCUT2D eigenvalue weighted by atomic mass is 19.1. The normalized spacial score (nSPS) is 10.9. The minimum absolute atomic E-state index is 0.158. The molecule has 0 atom stereocenters. The van der Waals surface area contributed by atoms with Crippen molar-refractivity contribution in [2.24, 2.45) is 0 Å². The smallest absolute Gasteiger partial charge is 0.346 e. The molecule has 0 aliphatic heterocycles. The second-order valence-electron chi connectivity index (χ2n) is 9.75. The largest absolute Gasteiger partial charge is 0.493 e. The quantitative estimate of drug-likeness (QED) is 0.131. The Labute approximate surface area is 226 Å². The van der Waals surface area contributed by atoms with Gasteiger partial charge in [-0.1, -0.05) is 95.9 Å². The third-order valence-electron chi connectivity index (χ3n) is 6.55. The van der Waals surface area contributed by atoms with Crippen LogP contribution in [0.25, 0.3) is 11.4 Å². The predicted octanol–water partition coefficient (Wildman–Crippen LogP) is 8.75. The fourth-order valence-corrected chi connectivity index (χ4v) is 4.26. The summed E-state index contributed by atoms with van der Waals surface area (Å²) in [7, 11) is 0. The molecule has 0 saturated carbocycles. The number of nitrogens with zero attached hydrogens (tertiary/aromatic N) is 2. The second-order valence-corrected chi connectivity index (χ2v) is 9.75. The Hall–Kier alpha value is -3.28. The lowest BCUT2D eigenvalue weighted by Crippen LogP contribution is -2.11. The van der Waals surface area contributed by atoms with Crippen LogP contribution in [0.3, 0.4) is 0 Å². The molecule has 0 saturated heterocycles. The number of hydrogen-bond donors (Lipinski definition) is 0. The summed E-state index contributed by atoms with van der Waals surface area (Å²) in [5, 5.41) is 0. The highest BCUT2D eigenvalue weighted by Crippen LogP contribution is 2.21. The molecular weight excluding hydrogens is 479 g/mol. The van der Waals surface area contributed by atoms with E-state index in [1.54, 1.807) is 6.07 Å². The van der Waals surface area contributed by atoms with E-state index in [1.807, 2.05) is 12.1 Å². The highest BCUT2D eigenvalue weighted by molar-refractivity contribution is 5.91. The van der Waals surface area contributed by atoms with Crippen molar-refractivity contribution in [3.63, 3.8) is 0 Å². The van der Waals surface area contributed by atoms with Gasteiger partial charge in [0.2, 0.25) is 0 Å². The third kappa shape index (κ3) is 9.88. The Balaban J connectivity index is 1.47. The maximum atomic E-state index is 14.6. The summed E-state index contributed by atoms with van der Waals surface area (Å²) in [6, 6.07) is 12.4. The van der Waals surface area contributed by atoms with Crippen LogP contribution in [0.5, 0.6) is 11.5 Å². The van der Waals surface area contributed by atoms with Gasteiger partial charge in [0.1, 0.15) is 11.6 Å². The summed E-state index contributed by atoms with van der Waals surface area (Å²) in [6.45, 7) is 4.95. The van der Waals surface area contributed by atoms with Gasteiger partial charge >= 0.3 is 5.97 Å². The van der Waals surface area contributed by atoms with Crippen molar-refractivity contribution in [2.45, 2.75) is 90.9 Å². The van der Waals surface area contributed by atoms with Gasteiger partial charge in [-0.25, -0.2) is 19.2 Å². The van der Waals surface area contributed by atoms with Crippen LogP contribution in [-0.2, 0) is 6.42 Å². The predicted molar refractivity (Wildman–Crippen MR) is 150 cm³/mol. The van der Waals surface area contributed by atoms with Gasteiger partial charge in [-0.05, 0) is 37.0 Å². The minimum atomic E-state index is -0.801. The zero-order valence-corrected chi connectivity index (χ0v) is 22.9. The van der Waals surface area contributed by atoms with Crippen LogP contribution in [0, 0.1) is 5.82 Å². The van der Waals surface area contributed by atoms with Crippen molar-refractivity contribution >= 4 is 5.97 Å². The van der Waals surface area contributed by atoms with Crippen LogP contribution in [-0.4, -0.2) is 22.5 Å². The SMILES string of the molecule is CCCCCCCCOc1ccc(C(=O)Oc2cnc(-c3ccc(CCCCCCC)cc3)nc2)c(F)c1. The first kappa shape index (κ1) is 29.3. The van der Waals surface area contributed by atoms with Crippen LogP contribution in [0.15, 0.2) is 54.9 Å². The molecule has 0 bridgehead atoms. The number of aryl methyl sites for hydroxylation is 1. The average Bonchev–Trinajstić information content (AvgIpc) is 2.93. The van der Waals surface area contributed by atoms with Crippen molar-refractivity contribution in [1.29, 1.82) is 0 Å². The molecule has 5 nitrogen and oxygen atoms in total. The lowest BCUT2D eigenvalue weighted by atomic mass is 10.0. The Morgan fingerprint density at radius 2 is 1.39 bits per heavy atom. The van der Waals surface area contributed by atoms with E-state index >= 15 is 0 Å². The Morgan fingerprint density at radius 1 is 0.763 bits per heavy atom. The maximum absolute atomic E-state index is 14.6. The van der Waals surface area contributed by atoms with Crippen LogP contribution < -0.4 is 9.47 Å². The Morgan fingerprint density at radius 3 is 2.05 bits per heavy atom. The van der Waals surface area contributed by atoms with Gasteiger partial charge in [-0.2, -0.15) is 0 Å². The van der Waals surface area contributed by atoms with Crippen LogP contribution >= 0.6 is 0 Å². The summed E-state index contributed by atoms with van der Waals surface area (Å²) in [6.07, 6.45) is 17.2. The van der Waals surface area contributed by atoms with Gasteiger partial charge in [0.25, 0.3) is 0 Å². The molecule has 0 aliphatic rings. The number of hydrogen-bond acceptors (Lipinski definition) is 5. The van der Waals surface area contributed by atoms with Crippen molar-refractivity contribution in [3.8, 4) is 22.9 Å². The van der Waals surface area contributed by atoms with Crippen molar-refractivity contribution in [1.82, 2.24) is 9.97 Å². The maximum Gasteiger partial charge on any atom is 0.346 e. The summed E-state index contributed by atoms with van der Waals surface area (Å²) >= 11 is 0. The number of rotatable bonds is 17. The number of carbonyl (C=O) groups excluding carboxylic acids is 1. The van der Waals surface area contributed by atoms with E-state index in [-0.39, 0.29) is 11.3 Å². The standard InChI is InChI=1S/C32H41FN2O3/c1-3-5-7-9-11-13-21-37-27-19-20-29(30(33)22-27)32(36)38-28-23-34-31(35-24-28)26-17-15-25(16-18-26)14-12-10-8-6-4-2/h15-20,22-24H,3-14,21H2,1-2H3. The zero-order chi connectivity index (χ0) is 27.0. The molecule has 0 aliphatic carbocycles. The van der Waals surface area contributed by atoms with Gasteiger partial charge in [0, 0.05) is 11.6 Å². The highest BCUT2D eigenvalue weighted by Gasteiger charge is 2.16. The lowest BCUT2D eigenvalue weighted by Gasteiger charge is -2.09. The molecule has 2 aromatic carbocycles. The first-order valence-corrected chi connectivity index (χ1v) is 14.2. The molecule has 3 rings (SSSR count). The van der Waals surface area contributed by atoms with Gasteiger partial charge in [-0.15, -0.1) is 0 Å². The number of aromatic nitrogens is 2. The monoisotopic (exact) mass is 520 g/mol. The summed E-state index contributed by atoms with van der Waals surface area (Å²) in [5.41, 5.74) is 2.03. The van der Waals surface area contributed by atoms with E-state index in [1.165, 1.54) is 87.9 Å². The fourth-order valence-electron chi connectivity index (χ4n) is 4.26. The molecule has 0 spiro atoms. The van der Waals surface area contributed by atoms with E-state index in [0.717, 1.165) is 24.8 Å². The number of benzene rings is 2. The summed E-state index contributed by atoms with van der Waals surface area (Å²) in [5.74, 6) is -0.381. The van der Waals surface area contributed by atoms with Crippen LogP contribution in [0.4, 0.5) is 4.39 Å². The van der Waals surface area contributed by atoms with E-state index in [9.17, 15) is 9.18 Å². The third-order valence-corrected chi connectivity index (χ3v) is 6.55. The van der Waals surface area contributed by atoms with E-state index in [0.29, 0.717) is 18.2 Å². The van der Waals surface area contributed by atoms with Crippen LogP contribution in [0.2, 0.25) is 0 Å². The molecule has 0 radical (unpaired) electrons. The van der Waals surface area contributed by atoms with Crippen molar-refractivity contribution < 1.29 is 18.7 Å². The number of ether oxygens (including phenoxy) is 2. The molecule has 38 heavy (non-hydrogen) atoms. The number of halogens is 1.